The zero-order valence-electron chi connectivity index (χ0n) is 14.8. The van der Waals surface area contributed by atoms with Gasteiger partial charge in [0.05, 0.1) is 12.4 Å². The molecule has 4 rings (SSSR count). The quantitative estimate of drug-likeness (QED) is 0.324. The zero-order chi connectivity index (χ0) is 19.8. The molecule has 0 amide bonds. The van der Waals surface area contributed by atoms with Crippen molar-refractivity contribution >= 4 is 46.4 Å². The normalized spacial score (nSPS) is 12.3. The van der Waals surface area contributed by atoms with Crippen molar-refractivity contribution < 1.29 is 0 Å². The summed E-state index contributed by atoms with van der Waals surface area (Å²) < 4.78 is 4.02. The Balaban J connectivity index is 1.96. The molecule has 3 nitrogen and oxygen atoms in total. The standard InChI is InChI=1S/C21H15Cl4N3/c1-27-10-17(15-4-2-13(22)8-19(15)24)18(11-27)21(28-7-6-26-12-28)16-5-3-14(23)9-20(16)25/h2-12,21H,1H3. The van der Waals surface area contributed by atoms with Crippen LogP contribution in [0.15, 0.2) is 67.5 Å². The highest BCUT2D eigenvalue weighted by atomic mass is 35.5. The molecule has 2 aromatic carbocycles. The molecule has 0 saturated carbocycles. The van der Waals surface area contributed by atoms with E-state index in [2.05, 4.69) is 11.2 Å². The van der Waals surface area contributed by atoms with Gasteiger partial charge >= 0.3 is 0 Å². The maximum Gasteiger partial charge on any atom is 0.0954 e. The maximum absolute atomic E-state index is 6.58. The van der Waals surface area contributed by atoms with E-state index in [1.807, 2.05) is 52.8 Å². The summed E-state index contributed by atoms with van der Waals surface area (Å²) in [6.07, 6.45) is 9.54. The second-order valence-electron chi connectivity index (χ2n) is 6.50. The van der Waals surface area contributed by atoms with Gasteiger partial charge < -0.3 is 9.13 Å². The van der Waals surface area contributed by atoms with Crippen molar-refractivity contribution in [2.45, 2.75) is 6.04 Å². The van der Waals surface area contributed by atoms with Crippen LogP contribution in [-0.4, -0.2) is 14.1 Å². The highest BCUT2D eigenvalue weighted by Gasteiger charge is 2.24. The van der Waals surface area contributed by atoms with E-state index in [0.29, 0.717) is 20.1 Å². The van der Waals surface area contributed by atoms with Crippen molar-refractivity contribution in [1.82, 2.24) is 14.1 Å². The minimum atomic E-state index is -0.199. The van der Waals surface area contributed by atoms with Crippen LogP contribution in [-0.2, 0) is 7.05 Å². The van der Waals surface area contributed by atoms with Gasteiger partial charge in [-0.2, -0.15) is 0 Å². The monoisotopic (exact) mass is 449 g/mol. The number of aryl methyl sites for hydroxylation is 1. The summed E-state index contributed by atoms with van der Waals surface area (Å²) in [5.74, 6) is 0. The van der Waals surface area contributed by atoms with Gasteiger partial charge in [0.2, 0.25) is 0 Å². The van der Waals surface area contributed by atoms with Crippen LogP contribution in [0.4, 0.5) is 0 Å². The molecule has 1 atom stereocenters. The number of benzene rings is 2. The van der Waals surface area contributed by atoms with Gasteiger partial charge in [-0.25, -0.2) is 4.98 Å². The summed E-state index contributed by atoms with van der Waals surface area (Å²) in [6, 6.07) is 10.8. The lowest BCUT2D eigenvalue weighted by atomic mass is 9.94. The minimum absolute atomic E-state index is 0.199. The van der Waals surface area contributed by atoms with Crippen LogP contribution in [0, 0.1) is 0 Å². The van der Waals surface area contributed by atoms with Gasteiger partial charge in [-0.05, 0) is 29.8 Å². The molecule has 0 spiro atoms. The third-order valence-electron chi connectivity index (χ3n) is 4.58. The van der Waals surface area contributed by atoms with E-state index < -0.39 is 0 Å². The molecule has 0 aliphatic heterocycles. The topological polar surface area (TPSA) is 22.8 Å². The zero-order valence-corrected chi connectivity index (χ0v) is 17.8. The van der Waals surface area contributed by atoms with Crippen molar-refractivity contribution in [2.24, 2.45) is 7.05 Å². The van der Waals surface area contributed by atoms with Gasteiger partial charge in [0, 0.05) is 68.6 Å². The van der Waals surface area contributed by atoms with Crippen LogP contribution in [0.25, 0.3) is 11.1 Å². The molecule has 2 aromatic heterocycles. The summed E-state index contributed by atoms with van der Waals surface area (Å²) in [4.78, 5) is 4.22. The van der Waals surface area contributed by atoms with E-state index in [1.165, 1.54) is 0 Å². The molecule has 0 aliphatic carbocycles. The van der Waals surface area contributed by atoms with Gasteiger partial charge in [0.15, 0.2) is 0 Å². The van der Waals surface area contributed by atoms with Crippen LogP contribution < -0.4 is 0 Å². The Morgan fingerprint density at radius 3 is 2.18 bits per heavy atom. The molecule has 7 heteroatoms. The first-order valence-corrected chi connectivity index (χ1v) is 9.99. The second-order valence-corrected chi connectivity index (χ2v) is 8.18. The Morgan fingerprint density at radius 1 is 0.821 bits per heavy atom. The Morgan fingerprint density at radius 2 is 1.54 bits per heavy atom. The highest BCUT2D eigenvalue weighted by molar-refractivity contribution is 6.36. The van der Waals surface area contributed by atoms with Gasteiger partial charge in [0.1, 0.15) is 0 Å². The lowest BCUT2D eigenvalue weighted by Gasteiger charge is -2.22. The van der Waals surface area contributed by atoms with Crippen LogP contribution in [0.1, 0.15) is 17.2 Å². The van der Waals surface area contributed by atoms with E-state index in [1.54, 1.807) is 24.7 Å². The molecule has 0 saturated heterocycles. The van der Waals surface area contributed by atoms with Gasteiger partial charge in [0.25, 0.3) is 0 Å². The van der Waals surface area contributed by atoms with E-state index in [-0.39, 0.29) is 6.04 Å². The van der Waals surface area contributed by atoms with Gasteiger partial charge in [-0.1, -0.05) is 58.5 Å². The maximum atomic E-state index is 6.58. The third kappa shape index (κ3) is 3.68. The first-order chi connectivity index (χ1) is 13.4. The van der Waals surface area contributed by atoms with E-state index in [9.17, 15) is 0 Å². The molecule has 0 N–H and O–H groups in total. The molecule has 2 heterocycles. The fourth-order valence-electron chi connectivity index (χ4n) is 3.39. The van der Waals surface area contributed by atoms with Crippen molar-refractivity contribution in [1.29, 1.82) is 0 Å². The summed E-state index contributed by atoms with van der Waals surface area (Å²) in [5, 5.41) is 2.36. The van der Waals surface area contributed by atoms with E-state index in [4.69, 9.17) is 46.4 Å². The molecular formula is C21H15Cl4N3. The van der Waals surface area contributed by atoms with Crippen molar-refractivity contribution in [3.63, 3.8) is 0 Å². The SMILES string of the molecule is Cn1cc(-c2ccc(Cl)cc2Cl)c(C(c2ccc(Cl)cc2Cl)n2ccnc2)c1. The average molecular weight is 451 g/mol. The number of hydrogen-bond acceptors (Lipinski definition) is 1. The van der Waals surface area contributed by atoms with Gasteiger partial charge in [-0.3, -0.25) is 0 Å². The summed E-state index contributed by atoms with van der Waals surface area (Å²) in [7, 11) is 1.98. The first kappa shape index (κ1) is 19.4. The van der Waals surface area contributed by atoms with Crippen LogP contribution >= 0.6 is 46.4 Å². The molecule has 1 unspecified atom stereocenters. The number of nitrogens with zero attached hydrogens (tertiary/aromatic N) is 3. The molecule has 142 valence electrons. The molecule has 28 heavy (non-hydrogen) atoms. The Labute approximate surface area is 183 Å². The van der Waals surface area contributed by atoms with Crippen molar-refractivity contribution in [3.8, 4) is 11.1 Å². The summed E-state index contributed by atoms with van der Waals surface area (Å²) in [6.45, 7) is 0. The molecule has 0 aliphatic rings. The van der Waals surface area contributed by atoms with Crippen molar-refractivity contribution in [3.05, 3.63) is 98.7 Å². The Kier molecular flexibility index (Phi) is 5.44. The Hall–Kier alpha value is -1.91. The smallest absolute Gasteiger partial charge is 0.0954 e. The third-order valence-corrected chi connectivity index (χ3v) is 5.69. The van der Waals surface area contributed by atoms with Crippen LogP contribution in [0.2, 0.25) is 20.1 Å². The highest BCUT2D eigenvalue weighted by Crippen LogP contribution is 2.41. The molecular weight excluding hydrogens is 436 g/mol. The second kappa shape index (κ2) is 7.84. The molecule has 0 radical (unpaired) electrons. The van der Waals surface area contributed by atoms with Gasteiger partial charge in [-0.15, -0.1) is 0 Å². The summed E-state index contributed by atoms with van der Waals surface area (Å²) >= 11 is 25.3. The van der Waals surface area contributed by atoms with E-state index >= 15 is 0 Å². The van der Waals surface area contributed by atoms with Crippen LogP contribution in [0.3, 0.4) is 0 Å². The lowest BCUT2D eigenvalue weighted by molar-refractivity contribution is 0.676. The number of hydrogen-bond donors (Lipinski definition) is 0. The summed E-state index contributed by atoms with van der Waals surface area (Å²) in [5.41, 5.74) is 3.85. The minimum Gasteiger partial charge on any atom is -0.356 e. The number of imidazole rings is 1. The largest absolute Gasteiger partial charge is 0.356 e. The Bertz CT molecular complexity index is 1130. The fraction of sp³-hybridized carbons (Fsp3) is 0.0952. The van der Waals surface area contributed by atoms with Crippen molar-refractivity contribution in [2.75, 3.05) is 0 Å². The number of rotatable bonds is 4. The molecule has 0 bridgehead atoms. The predicted octanol–water partition coefficient (Wildman–Crippen LogP) is 7.14. The number of halogens is 4. The fourth-order valence-corrected chi connectivity index (χ4v) is 4.41. The van der Waals surface area contributed by atoms with Crippen LogP contribution in [0.5, 0.6) is 0 Å². The average Bonchev–Trinajstić information content (AvgIpc) is 3.28. The predicted molar refractivity (Wildman–Crippen MR) is 117 cm³/mol. The molecule has 4 aromatic rings. The molecule has 0 fully saturated rings. The first-order valence-electron chi connectivity index (χ1n) is 8.47. The lowest BCUT2D eigenvalue weighted by Crippen LogP contribution is -2.11. The van der Waals surface area contributed by atoms with E-state index in [0.717, 1.165) is 22.3 Å². The number of aromatic nitrogens is 3.